The molecule has 1 aromatic rings. The third-order valence-corrected chi connectivity index (χ3v) is 2.33. The molecule has 0 amide bonds. The Balaban J connectivity index is 2.05. The number of nitrogens with one attached hydrogen (secondary N) is 1. The van der Waals surface area contributed by atoms with Crippen molar-refractivity contribution < 1.29 is 9.59 Å². The molecule has 1 fully saturated rings. The largest absolute Gasteiger partial charge is 0.358 e. The van der Waals surface area contributed by atoms with Gasteiger partial charge < -0.3 is 4.98 Å². The van der Waals surface area contributed by atoms with Gasteiger partial charge in [-0.05, 0) is 24.8 Å². The van der Waals surface area contributed by atoms with Crippen LogP contribution in [0.15, 0.2) is 12.3 Å². The average Bonchev–Trinajstić information content (AvgIpc) is 2.82. The molecular weight excluding hydrogens is 166 g/mol. The minimum Gasteiger partial charge on any atom is -0.358 e. The van der Waals surface area contributed by atoms with Gasteiger partial charge >= 0.3 is 0 Å². The number of aldehydes is 1. The molecule has 0 atom stereocenters. The molecule has 1 aliphatic rings. The fourth-order valence-electron chi connectivity index (χ4n) is 1.34. The number of hydrogen-bond donors (Lipinski definition) is 1. The van der Waals surface area contributed by atoms with E-state index in [1.807, 2.05) is 0 Å². The highest BCUT2D eigenvalue weighted by Crippen LogP contribution is 2.33. The molecule has 1 saturated carbocycles. The third kappa shape index (κ3) is 1.86. The smallest absolute Gasteiger partial charge is 0.166 e. The van der Waals surface area contributed by atoms with Gasteiger partial charge in [0.15, 0.2) is 12.1 Å². The maximum Gasteiger partial charge on any atom is 0.166 e. The second-order valence-electron chi connectivity index (χ2n) is 3.53. The molecule has 3 heteroatoms. The van der Waals surface area contributed by atoms with E-state index in [1.54, 1.807) is 12.3 Å². The highest BCUT2D eigenvalue weighted by Gasteiger charge is 2.25. The number of rotatable bonds is 4. The molecule has 0 unspecified atom stereocenters. The Morgan fingerprint density at radius 1 is 1.62 bits per heavy atom. The van der Waals surface area contributed by atoms with E-state index in [2.05, 4.69) is 4.98 Å². The molecule has 0 bridgehead atoms. The van der Waals surface area contributed by atoms with Crippen LogP contribution in [0, 0.1) is 5.92 Å². The molecule has 1 aliphatic carbocycles. The molecule has 0 saturated heterocycles. The summed E-state index contributed by atoms with van der Waals surface area (Å²) >= 11 is 0. The van der Waals surface area contributed by atoms with Crippen LogP contribution in [0.4, 0.5) is 0 Å². The number of aromatic nitrogens is 1. The minimum absolute atomic E-state index is 0.145. The first kappa shape index (κ1) is 8.23. The third-order valence-electron chi connectivity index (χ3n) is 2.33. The molecule has 0 radical (unpaired) electrons. The van der Waals surface area contributed by atoms with E-state index < -0.39 is 0 Å². The van der Waals surface area contributed by atoms with Crippen LogP contribution in [-0.4, -0.2) is 17.1 Å². The van der Waals surface area contributed by atoms with E-state index in [9.17, 15) is 9.59 Å². The van der Waals surface area contributed by atoms with Crippen LogP contribution in [0.2, 0.25) is 0 Å². The predicted molar refractivity (Wildman–Crippen MR) is 47.9 cm³/mol. The highest BCUT2D eigenvalue weighted by atomic mass is 16.1. The molecule has 1 heterocycles. The van der Waals surface area contributed by atoms with Gasteiger partial charge in [0, 0.05) is 18.2 Å². The van der Waals surface area contributed by atoms with Crippen molar-refractivity contribution in [3.63, 3.8) is 0 Å². The Kier molecular flexibility index (Phi) is 2.00. The van der Waals surface area contributed by atoms with Crippen molar-refractivity contribution in [3.05, 3.63) is 23.5 Å². The summed E-state index contributed by atoms with van der Waals surface area (Å²) in [6.45, 7) is 0. The Hall–Kier alpha value is -1.38. The fraction of sp³-hybridized carbons (Fsp3) is 0.400. The van der Waals surface area contributed by atoms with Gasteiger partial charge in [-0.2, -0.15) is 0 Å². The molecule has 0 aliphatic heterocycles. The van der Waals surface area contributed by atoms with Gasteiger partial charge in [-0.15, -0.1) is 0 Å². The van der Waals surface area contributed by atoms with Crippen LogP contribution in [0.1, 0.15) is 40.1 Å². The van der Waals surface area contributed by atoms with Gasteiger partial charge in [0.2, 0.25) is 0 Å². The summed E-state index contributed by atoms with van der Waals surface area (Å²) < 4.78 is 0. The van der Waals surface area contributed by atoms with E-state index >= 15 is 0 Å². The first-order valence-corrected chi connectivity index (χ1v) is 4.46. The summed E-state index contributed by atoms with van der Waals surface area (Å²) in [6, 6.07) is 1.61. The molecule has 3 nitrogen and oxygen atoms in total. The Morgan fingerprint density at radius 3 is 2.92 bits per heavy atom. The maximum atomic E-state index is 11.5. The van der Waals surface area contributed by atoms with Gasteiger partial charge in [0.05, 0.1) is 5.69 Å². The number of hydrogen-bond acceptors (Lipinski definition) is 2. The van der Waals surface area contributed by atoms with E-state index in [0.29, 0.717) is 29.9 Å². The zero-order valence-corrected chi connectivity index (χ0v) is 7.25. The Morgan fingerprint density at radius 2 is 2.38 bits per heavy atom. The van der Waals surface area contributed by atoms with Crippen LogP contribution in [0.5, 0.6) is 0 Å². The summed E-state index contributed by atoms with van der Waals surface area (Å²) in [6.07, 6.45) is 5.31. The first-order valence-electron chi connectivity index (χ1n) is 4.46. The van der Waals surface area contributed by atoms with Crippen LogP contribution < -0.4 is 0 Å². The SMILES string of the molecule is O=Cc1cc(C(=O)CC2CC2)c[nH]1. The van der Waals surface area contributed by atoms with Crippen molar-refractivity contribution in [2.24, 2.45) is 5.92 Å². The molecule has 2 rings (SSSR count). The van der Waals surface area contributed by atoms with Crippen molar-refractivity contribution in [3.8, 4) is 0 Å². The predicted octanol–water partition coefficient (Wildman–Crippen LogP) is 1.81. The van der Waals surface area contributed by atoms with Crippen molar-refractivity contribution >= 4 is 12.1 Å². The van der Waals surface area contributed by atoms with Crippen molar-refractivity contribution in [1.29, 1.82) is 0 Å². The number of carbonyl (C=O) groups is 2. The van der Waals surface area contributed by atoms with E-state index in [0.717, 1.165) is 0 Å². The van der Waals surface area contributed by atoms with Gasteiger partial charge in [0.1, 0.15) is 0 Å². The Labute approximate surface area is 76.1 Å². The lowest BCUT2D eigenvalue weighted by Crippen LogP contribution is -1.97. The van der Waals surface area contributed by atoms with Gasteiger partial charge in [-0.1, -0.05) is 0 Å². The van der Waals surface area contributed by atoms with Gasteiger partial charge in [-0.25, -0.2) is 0 Å². The summed E-state index contributed by atoms with van der Waals surface area (Å²) in [5.74, 6) is 0.744. The zero-order valence-electron chi connectivity index (χ0n) is 7.25. The van der Waals surface area contributed by atoms with Crippen LogP contribution in [-0.2, 0) is 0 Å². The monoisotopic (exact) mass is 177 g/mol. The van der Waals surface area contributed by atoms with Crippen LogP contribution in [0.3, 0.4) is 0 Å². The zero-order chi connectivity index (χ0) is 9.26. The molecule has 1 N–H and O–H groups in total. The summed E-state index contributed by atoms with van der Waals surface area (Å²) in [7, 11) is 0. The number of carbonyl (C=O) groups excluding carboxylic acids is 2. The summed E-state index contributed by atoms with van der Waals surface area (Å²) in [5.41, 5.74) is 1.10. The van der Waals surface area contributed by atoms with Crippen molar-refractivity contribution in [2.45, 2.75) is 19.3 Å². The molecule has 0 aromatic carbocycles. The first-order chi connectivity index (χ1) is 6.29. The number of ketones is 1. The van der Waals surface area contributed by atoms with Crippen molar-refractivity contribution in [2.75, 3.05) is 0 Å². The van der Waals surface area contributed by atoms with Gasteiger partial charge in [0.25, 0.3) is 0 Å². The lowest BCUT2D eigenvalue weighted by molar-refractivity contribution is 0.0976. The maximum absolute atomic E-state index is 11.5. The van der Waals surface area contributed by atoms with Crippen LogP contribution in [0.25, 0.3) is 0 Å². The lowest BCUT2D eigenvalue weighted by atomic mass is 10.1. The topological polar surface area (TPSA) is 49.9 Å². The van der Waals surface area contributed by atoms with E-state index in [1.165, 1.54) is 12.8 Å². The quantitative estimate of drug-likeness (QED) is 0.563. The number of Topliss-reactive ketones (excluding diaryl/α,β-unsaturated/α-hetero) is 1. The number of H-pyrrole nitrogens is 1. The standard InChI is InChI=1S/C10H11NO2/c12-6-9-4-8(5-11-9)10(13)3-7-1-2-7/h4-7,11H,1-3H2. The minimum atomic E-state index is 0.145. The van der Waals surface area contributed by atoms with Crippen molar-refractivity contribution in [1.82, 2.24) is 4.98 Å². The molecule has 13 heavy (non-hydrogen) atoms. The average molecular weight is 177 g/mol. The number of aromatic amines is 1. The normalized spacial score (nSPS) is 15.7. The second kappa shape index (κ2) is 3.17. The van der Waals surface area contributed by atoms with Gasteiger partial charge in [-0.3, -0.25) is 9.59 Å². The van der Waals surface area contributed by atoms with E-state index in [-0.39, 0.29) is 5.78 Å². The summed E-state index contributed by atoms with van der Waals surface area (Å²) in [5, 5.41) is 0. The molecule has 0 spiro atoms. The molecule has 1 aromatic heterocycles. The van der Waals surface area contributed by atoms with Crippen LogP contribution >= 0.6 is 0 Å². The lowest BCUT2D eigenvalue weighted by Gasteiger charge is -1.92. The Bertz CT molecular complexity index is 336. The molecule has 68 valence electrons. The second-order valence-corrected chi connectivity index (χ2v) is 3.53. The fourth-order valence-corrected chi connectivity index (χ4v) is 1.34. The van der Waals surface area contributed by atoms with E-state index in [4.69, 9.17) is 0 Å². The summed E-state index contributed by atoms with van der Waals surface area (Å²) in [4.78, 5) is 24.6. The molecular formula is C10H11NO2. The highest BCUT2D eigenvalue weighted by molar-refractivity contribution is 5.97.